The van der Waals surface area contributed by atoms with E-state index in [4.69, 9.17) is 5.73 Å². The number of rotatable bonds is 3. The first kappa shape index (κ1) is 12.5. The van der Waals surface area contributed by atoms with Gasteiger partial charge < -0.3 is 5.73 Å². The van der Waals surface area contributed by atoms with Crippen LogP contribution in [-0.4, -0.2) is 36.3 Å². The molecule has 0 bridgehead atoms. The summed E-state index contributed by atoms with van der Waals surface area (Å²) in [6, 6.07) is 9.51. The Balaban J connectivity index is 1.70. The van der Waals surface area contributed by atoms with Crippen molar-refractivity contribution in [2.45, 2.75) is 36.1 Å². The number of hydrogen-bond acceptors (Lipinski definition) is 3. The first-order valence-corrected chi connectivity index (χ1v) is 8.03. The SMILES string of the molecule is NCC1CCCCN1CC1CSc2ccccc21. The highest BCUT2D eigenvalue weighted by atomic mass is 32.2. The molecule has 2 unspecified atom stereocenters. The van der Waals surface area contributed by atoms with Gasteiger partial charge in [-0.3, -0.25) is 4.90 Å². The van der Waals surface area contributed by atoms with Crippen molar-refractivity contribution in [2.24, 2.45) is 5.73 Å². The summed E-state index contributed by atoms with van der Waals surface area (Å²) in [6.45, 7) is 3.26. The molecule has 0 amide bonds. The van der Waals surface area contributed by atoms with Gasteiger partial charge in [-0.05, 0) is 31.0 Å². The molecule has 0 aromatic heterocycles. The molecule has 1 fully saturated rings. The Bertz CT molecular complexity index is 407. The fourth-order valence-corrected chi connectivity index (χ4v) is 4.47. The van der Waals surface area contributed by atoms with Gasteiger partial charge in [0.05, 0.1) is 0 Å². The average molecular weight is 262 g/mol. The van der Waals surface area contributed by atoms with E-state index in [0.29, 0.717) is 12.0 Å². The molecule has 2 nitrogen and oxygen atoms in total. The van der Waals surface area contributed by atoms with E-state index in [2.05, 4.69) is 29.2 Å². The molecule has 0 spiro atoms. The number of thioether (sulfide) groups is 1. The highest BCUT2D eigenvalue weighted by Gasteiger charge is 2.28. The molecule has 18 heavy (non-hydrogen) atoms. The summed E-state index contributed by atoms with van der Waals surface area (Å²) in [4.78, 5) is 4.13. The lowest BCUT2D eigenvalue weighted by Crippen LogP contribution is -2.45. The Morgan fingerprint density at radius 2 is 2.17 bits per heavy atom. The van der Waals surface area contributed by atoms with Crippen molar-refractivity contribution < 1.29 is 0 Å². The Hall–Kier alpha value is -0.510. The van der Waals surface area contributed by atoms with E-state index < -0.39 is 0 Å². The predicted molar refractivity (Wildman–Crippen MR) is 78.2 cm³/mol. The molecule has 3 heteroatoms. The molecule has 0 aliphatic carbocycles. The summed E-state index contributed by atoms with van der Waals surface area (Å²) in [5.41, 5.74) is 7.47. The number of hydrogen-bond donors (Lipinski definition) is 1. The topological polar surface area (TPSA) is 29.3 Å². The van der Waals surface area contributed by atoms with E-state index >= 15 is 0 Å². The van der Waals surface area contributed by atoms with Crippen LogP contribution in [0.5, 0.6) is 0 Å². The van der Waals surface area contributed by atoms with E-state index in [0.717, 1.165) is 6.54 Å². The van der Waals surface area contributed by atoms with Crippen LogP contribution in [0.4, 0.5) is 0 Å². The highest BCUT2D eigenvalue weighted by Crippen LogP contribution is 2.40. The van der Waals surface area contributed by atoms with Gasteiger partial charge in [-0.15, -0.1) is 11.8 Å². The Morgan fingerprint density at radius 1 is 1.28 bits per heavy atom. The second kappa shape index (κ2) is 5.64. The van der Waals surface area contributed by atoms with E-state index in [1.165, 1.54) is 43.0 Å². The zero-order valence-corrected chi connectivity index (χ0v) is 11.7. The lowest BCUT2D eigenvalue weighted by molar-refractivity contribution is 0.146. The molecule has 2 heterocycles. The van der Waals surface area contributed by atoms with Gasteiger partial charge in [-0.1, -0.05) is 24.6 Å². The highest BCUT2D eigenvalue weighted by molar-refractivity contribution is 7.99. The molecule has 2 N–H and O–H groups in total. The average Bonchev–Trinajstić information content (AvgIpc) is 2.83. The molecule has 2 atom stereocenters. The van der Waals surface area contributed by atoms with Gasteiger partial charge in [-0.25, -0.2) is 0 Å². The van der Waals surface area contributed by atoms with Gasteiger partial charge >= 0.3 is 0 Å². The Kier molecular flexibility index (Phi) is 3.92. The fourth-order valence-electron chi connectivity index (χ4n) is 3.23. The minimum absolute atomic E-state index is 0.622. The van der Waals surface area contributed by atoms with Crippen LogP contribution in [0.1, 0.15) is 30.7 Å². The third kappa shape index (κ3) is 2.44. The van der Waals surface area contributed by atoms with Crippen molar-refractivity contribution in [3.63, 3.8) is 0 Å². The van der Waals surface area contributed by atoms with Gasteiger partial charge in [0.2, 0.25) is 0 Å². The standard InChI is InChI=1S/C15H22N2S/c16-9-13-5-3-4-8-17(13)10-12-11-18-15-7-2-1-6-14(12)15/h1-2,6-7,12-13H,3-5,8-11,16H2. The van der Waals surface area contributed by atoms with Crippen molar-refractivity contribution in [1.82, 2.24) is 4.90 Å². The number of likely N-dealkylation sites (tertiary alicyclic amines) is 1. The largest absolute Gasteiger partial charge is 0.329 e. The van der Waals surface area contributed by atoms with Crippen molar-refractivity contribution in [3.05, 3.63) is 29.8 Å². The van der Waals surface area contributed by atoms with Gasteiger partial charge in [-0.2, -0.15) is 0 Å². The van der Waals surface area contributed by atoms with Crippen LogP contribution in [0.3, 0.4) is 0 Å². The summed E-state index contributed by atoms with van der Waals surface area (Å²) in [5.74, 6) is 1.95. The molecule has 3 rings (SSSR count). The fraction of sp³-hybridized carbons (Fsp3) is 0.600. The molecule has 0 radical (unpaired) electrons. The van der Waals surface area contributed by atoms with Crippen LogP contribution in [0, 0.1) is 0 Å². The maximum absolute atomic E-state index is 5.92. The van der Waals surface area contributed by atoms with Crippen LogP contribution in [-0.2, 0) is 0 Å². The predicted octanol–water partition coefficient (Wildman–Crippen LogP) is 2.69. The Labute approximate surface area is 114 Å². The number of piperidine rings is 1. The lowest BCUT2D eigenvalue weighted by Gasteiger charge is -2.36. The first-order chi connectivity index (χ1) is 8.88. The van der Waals surface area contributed by atoms with Crippen molar-refractivity contribution in [3.8, 4) is 0 Å². The minimum atomic E-state index is 0.622. The maximum Gasteiger partial charge on any atom is 0.0218 e. The van der Waals surface area contributed by atoms with E-state index in [1.807, 2.05) is 11.8 Å². The maximum atomic E-state index is 5.92. The molecule has 98 valence electrons. The van der Waals surface area contributed by atoms with Crippen LogP contribution in [0.25, 0.3) is 0 Å². The zero-order valence-electron chi connectivity index (χ0n) is 10.8. The van der Waals surface area contributed by atoms with E-state index in [9.17, 15) is 0 Å². The van der Waals surface area contributed by atoms with Crippen molar-refractivity contribution >= 4 is 11.8 Å². The van der Waals surface area contributed by atoms with Gasteiger partial charge in [0.25, 0.3) is 0 Å². The molecular formula is C15H22N2S. The monoisotopic (exact) mass is 262 g/mol. The van der Waals surface area contributed by atoms with Crippen LogP contribution < -0.4 is 5.73 Å². The van der Waals surface area contributed by atoms with Crippen LogP contribution in [0.2, 0.25) is 0 Å². The molecular weight excluding hydrogens is 240 g/mol. The smallest absolute Gasteiger partial charge is 0.0218 e. The number of nitrogens with two attached hydrogens (primary N) is 1. The van der Waals surface area contributed by atoms with Gasteiger partial charge in [0.15, 0.2) is 0 Å². The van der Waals surface area contributed by atoms with Gasteiger partial charge in [0, 0.05) is 35.7 Å². The second-order valence-electron chi connectivity index (χ2n) is 5.43. The van der Waals surface area contributed by atoms with Crippen molar-refractivity contribution in [2.75, 3.05) is 25.4 Å². The van der Waals surface area contributed by atoms with E-state index in [-0.39, 0.29) is 0 Å². The summed E-state index contributed by atoms with van der Waals surface area (Å²) < 4.78 is 0. The summed E-state index contributed by atoms with van der Waals surface area (Å²) in [6.07, 6.45) is 3.99. The molecule has 2 aliphatic heterocycles. The molecule has 1 aromatic carbocycles. The Morgan fingerprint density at radius 3 is 3.06 bits per heavy atom. The lowest BCUT2D eigenvalue weighted by atomic mass is 9.96. The van der Waals surface area contributed by atoms with E-state index in [1.54, 1.807) is 5.56 Å². The molecule has 2 aliphatic rings. The summed E-state index contributed by atoms with van der Waals surface area (Å²) >= 11 is 2.02. The van der Waals surface area contributed by atoms with Gasteiger partial charge in [0.1, 0.15) is 0 Å². The number of fused-ring (bicyclic) bond motifs is 1. The molecule has 1 saturated heterocycles. The van der Waals surface area contributed by atoms with Crippen LogP contribution >= 0.6 is 11.8 Å². The second-order valence-corrected chi connectivity index (χ2v) is 6.49. The first-order valence-electron chi connectivity index (χ1n) is 7.04. The molecule has 1 aromatic rings. The zero-order chi connectivity index (χ0) is 12.4. The quantitative estimate of drug-likeness (QED) is 0.908. The normalized spacial score (nSPS) is 28.3. The summed E-state index contributed by atoms with van der Waals surface area (Å²) in [7, 11) is 0. The van der Waals surface area contributed by atoms with Crippen molar-refractivity contribution in [1.29, 1.82) is 0 Å². The third-order valence-electron chi connectivity index (χ3n) is 4.27. The minimum Gasteiger partial charge on any atom is -0.329 e. The summed E-state index contributed by atoms with van der Waals surface area (Å²) in [5, 5.41) is 0. The molecule has 0 saturated carbocycles. The number of benzene rings is 1. The van der Waals surface area contributed by atoms with Crippen LogP contribution in [0.15, 0.2) is 29.2 Å². The number of nitrogens with zero attached hydrogens (tertiary/aromatic N) is 1. The third-order valence-corrected chi connectivity index (χ3v) is 5.53.